The molecule has 0 aromatic rings. The Bertz CT molecular complexity index is 55.0. The number of rotatable bonds is 0. The first-order valence-electron chi connectivity index (χ1n) is 0.789. The molecule has 4 heavy (non-hydrogen) atoms. The monoisotopic (exact) mass is 49.0 g/mol. The van der Waals surface area contributed by atoms with Crippen molar-refractivity contribution >= 4 is 0 Å². The summed E-state index contributed by atoms with van der Waals surface area (Å²) in [6, 6.07) is 0. The molecule has 0 aliphatic rings. The van der Waals surface area contributed by atoms with Gasteiger partial charge in [0, 0.05) is 0 Å². The second-order valence-electron chi connectivity index (χ2n) is 0.269. The van der Waals surface area contributed by atoms with E-state index in [0.717, 1.165) is 0 Å². The van der Waals surface area contributed by atoms with Crippen molar-refractivity contribution in [3.05, 3.63) is 6.42 Å². The van der Waals surface area contributed by atoms with Crippen molar-refractivity contribution < 1.29 is 0 Å². The molecule has 0 aliphatic carbocycles. The van der Waals surface area contributed by atoms with Gasteiger partial charge >= 0.3 is 0 Å². The Hall–Kier alpha value is -0.880. The predicted molar refractivity (Wildman–Crippen MR) is 16.0 cm³/mol. The van der Waals surface area contributed by atoms with Crippen LogP contribution in [0.3, 0.4) is 0 Å². The smallest absolute Gasteiger partial charge is 0.0000436 e. The lowest BCUT2D eigenvalue weighted by Crippen LogP contribution is -1.25. The molecule has 17 valence electrons. The Morgan fingerprint density at radius 2 is 2.00 bits per heavy atom. The van der Waals surface area contributed by atoms with Crippen molar-refractivity contribution in [2.45, 2.75) is 0 Å². The fourth-order valence-electron chi connectivity index (χ4n) is 0. The summed E-state index contributed by atoms with van der Waals surface area (Å²) in [6.45, 7) is 0. The van der Waals surface area contributed by atoms with Crippen LogP contribution in [0.4, 0.5) is 0 Å². The molecule has 0 heteroatoms. The molecule has 0 spiro atoms. The van der Waals surface area contributed by atoms with E-state index in [1.165, 1.54) is 0 Å². The van der Waals surface area contributed by atoms with Crippen LogP contribution in [0.2, 0.25) is 0 Å². The van der Waals surface area contributed by atoms with E-state index >= 15 is 0 Å². The third kappa shape index (κ3) is 1.12. The molecule has 1 radical (unpaired) electrons. The van der Waals surface area contributed by atoms with Gasteiger partial charge in [0.25, 0.3) is 0 Å². The fourth-order valence-corrected chi connectivity index (χ4v) is 0. The quantitative estimate of drug-likeness (QED) is 0.344. The molecule has 0 N–H and O–H groups in total. The van der Waals surface area contributed by atoms with Crippen LogP contribution in [0.25, 0.3) is 0 Å². The number of hydrogen-bond donors (Lipinski definition) is 0. The first-order valence-corrected chi connectivity index (χ1v) is 0.789. The van der Waals surface area contributed by atoms with Gasteiger partial charge in [-0.3, -0.25) is 0 Å². The lowest BCUT2D eigenvalue weighted by molar-refractivity contribution is 2.53. The number of hydrogen-bond acceptors (Lipinski definition) is 0. The van der Waals surface area contributed by atoms with Crippen LogP contribution in [0.1, 0.15) is 0 Å². The Morgan fingerprint density at radius 3 is 2.00 bits per heavy atom. The van der Waals surface area contributed by atoms with E-state index in [1.54, 1.807) is 5.92 Å². The highest BCUT2D eigenvalue weighted by Crippen LogP contribution is 1.27. The third-order valence-electron chi connectivity index (χ3n) is 0.0722. The van der Waals surface area contributed by atoms with Gasteiger partial charge in [0.05, 0.1) is 0 Å². The topological polar surface area (TPSA) is 0 Å². The van der Waals surface area contributed by atoms with E-state index in [4.69, 9.17) is 6.42 Å². The molecule has 0 aromatic heterocycles. The minimum Gasteiger partial charge on any atom is -0.106 e. The van der Waals surface area contributed by atoms with Gasteiger partial charge < -0.3 is 0 Å². The molecular weight excluding hydrogens is 48.0 g/mol. The Morgan fingerprint density at radius 1 is 1.75 bits per heavy atom. The highest BCUT2D eigenvalue weighted by molar-refractivity contribution is 5.11. The van der Waals surface area contributed by atoms with Crippen molar-refractivity contribution in [2.24, 2.45) is 0 Å². The van der Waals surface area contributed by atoms with Gasteiger partial charge in [-0.05, 0) is 18.3 Å². The lowest BCUT2D eigenvalue weighted by atomic mass is 10.7. The molecule has 0 nitrogen and oxygen atoms in total. The van der Waals surface area contributed by atoms with Gasteiger partial charge in [-0.25, -0.2) is 0 Å². The zero-order chi connectivity index (χ0) is 3.41. The van der Waals surface area contributed by atoms with E-state index in [-0.39, 0.29) is 0 Å². The SMILES string of the molecule is [C]#CC#C. The van der Waals surface area contributed by atoms with Crippen molar-refractivity contribution in [1.29, 1.82) is 0 Å². The lowest BCUT2D eigenvalue weighted by Gasteiger charge is -1.28. The average molecular weight is 49.1 g/mol. The molecule has 0 saturated carbocycles. The minimum absolute atomic E-state index is 1.71. The molecule has 0 aliphatic heterocycles. The van der Waals surface area contributed by atoms with Gasteiger partial charge in [-0.15, -0.1) is 6.42 Å². The van der Waals surface area contributed by atoms with Crippen LogP contribution in [0.5, 0.6) is 0 Å². The van der Waals surface area contributed by atoms with Gasteiger partial charge in [0.15, 0.2) is 0 Å². The predicted octanol–water partition coefficient (Wildman–Crippen LogP) is 0.209. The van der Waals surface area contributed by atoms with Crippen molar-refractivity contribution in [3.8, 4) is 18.3 Å². The largest absolute Gasteiger partial charge is 0.106 e. The summed E-state index contributed by atoms with van der Waals surface area (Å²) >= 11 is 0. The second-order valence-corrected chi connectivity index (χ2v) is 0.269. The van der Waals surface area contributed by atoms with Crippen LogP contribution in [-0.4, -0.2) is 0 Å². The molecule has 0 heterocycles. The Labute approximate surface area is 25.8 Å². The van der Waals surface area contributed by atoms with Crippen LogP contribution < -0.4 is 0 Å². The molecule has 0 amide bonds. The Kier molecular flexibility index (Phi) is 1.65. The second kappa shape index (κ2) is 2.12. The van der Waals surface area contributed by atoms with Crippen molar-refractivity contribution in [2.75, 3.05) is 0 Å². The van der Waals surface area contributed by atoms with Crippen LogP contribution in [0.15, 0.2) is 0 Å². The molecule has 0 saturated heterocycles. The molecule has 0 aromatic carbocycles. The van der Waals surface area contributed by atoms with Crippen LogP contribution in [-0.2, 0) is 0 Å². The van der Waals surface area contributed by atoms with Crippen LogP contribution in [0, 0.1) is 24.7 Å². The fraction of sp³-hybridized carbons (Fsp3) is 0. The number of terminal acetylenes is 1. The minimum atomic E-state index is 1.71. The summed E-state index contributed by atoms with van der Waals surface area (Å²) in [4.78, 5) is 0. The van der Waals surface area contributed by atoms with Crippen molar-refractivity contribution in [1.82, 2.24) is 0 Å². The third-order valence-corrected chi connectivity index (χ3v) is 0.0722. The zero-order valence-corrected chi connectivity index (χ0v) is 2.08. The van der Waals surface area contributed by atoms with Gasteiger partial charge in [0.1, 0.15) is 0 Å². The summed E-state index contributed by atoms with van der Waals surface area (Å²) < 4.78 is 0. The van der Waals surface area contributed by atoms with E-state index < -0.39 is 0 Å². The van der Waals surface area contributed by atoms with E-state index in [0.29, 0.717) is 0 Å². The average Bonchev–Trinajstić information content (AvgIpc) is 1.37. The molecule has 0 rings (SSSR count). The summed E-state index contributed by atoms with van der Waals surface area (Å²) in [5.41, 5.74) is 0. The van der Waals surface area contributed by atoms with E-state index in [9.17, 15) is 0 Å². The summed E-state index contributed by atoms with van der Waals surface area (Å²) in [6.07, 6.45) is 10.4. The molecular formula is C4H. The standard InChI is InChI=1S/C4H/c1-3-4-2/h1H. The van der Waals surface area contributed by atoms with E-state index in [1.807, 2.05) is 5.92 Å². The molecule has 0 unspecified atom stereocenters. The maximum Gasteiger partial charge on any atom is -0.0000436 e. The van der Waals surface area contributed by atoms with E-state index in [2.05, 4.69) is 6.42 Å². The maximum atomic E-state index is 5.97. The van der Waals surface area contributed by atoms with Gasteiger partial charge in [0.2, 0.25) is 0 Å². The molecule has 0 fully saturated rings. The normalized spacial score (nSPS) is 2.50. The first-order chi connectivity index (χ1) is 1.91. The van der Waals surface area contributed by atoms with Gasteiger partial charge in [-0.2, -0.15) is 0 Å². The van der Waals surface area contributed by atoms with Crippen LogP contribution >= 0.6 is 0 Å². The Balaban J connectivity index is 3.14. The first kappa shape index (κ1) is 3.12. The highest BCUT2D eigenvalue weighted by atomic mass is 13.3. The summed E-state index contributed by atoms with van der Waals surface area (Å²) in [5, 5.41) is 0. The van der Waals surface area contributed by atoms with Crippen molar-refractivity contribution in [3.63, 3.8) is 0 Å². The van der Waals surface area contributed by atoms with Gasteiger partial charge in [-0.1, -0.05) is 0 Å². The maximum absolute atomic E-state index is 5.97. The molecule has 0 bridgehead atoms. The summed E-state index contributed by atoms with van der Waals surface area (Å²) in [5.74, 6) is 3.56. The zero-order valence-electron chi connectivity index (χ0n) is 2.08. The highest BCUT2D eigenvalue weighted by Gasteiger charge is 1.25. The molecule has 0 atom stereocenters. The summed E-state index contributed by atoms with van der Waals surface area (Å²) in [7, 11) is 0.